The summed E-state index contributed by atoms with van der Waals surface area (Å²) in [6.45, 7) is 0. The first kappa shape index (κ1) is 67.2. The zero-order valence-corrected chi connectivity index (χ0v) is 54.2. The third-order valence-corrected chi connectivity index (χ3v) is 20.0. The molecule has 0 radical (unpaired) electrons. The van der Waals surface area contributed by atoms with Crippen LogP contribution in [0.25, 0.3) is 44.5 Å². The maximum Gasteiger partial charge on any atom is 0.337 e. The van der Waals surface area contributed by atoms with E-state index in [0.29, 0.717) is 22.3 Å². The summed E-state index contributed by atoms with van der Waals surface area (Å²) in [7, 11) is 7.56. The van der Waals surface area contributed by atoms with E-state index in [-0.39, 0.29) is 44.5 Å². The van der Waals surface area contributed by atoms with E-state index < -0.39 is 63.6 Å². The van der Waals surface area contributed by atoms with Gasteiger partial charge in [0.25, 0.3) is 0 Å². The Hall–Kier alpha value is -11.2. The average Bonchev–Trinajstić information content (AvgIpc) is 0.762. The molecule has 10 aromatic rings. The predicted octanol–water partition coefficient (Wildman–Crippen LogP) is 11.9. The summed E-state index contributed by atoms with van der Waals surface area (Å²) in [6.07, 6.45) is 0. The maximum absolute atomic E-state index is 12.8. The fraction of sp³-hybridized carbons (Fsp3) is 0.105. The van der Waals surface area contributed by atoms with Crippen LogP contribution in [0.2, 0.25) is 0 Å². The van der Waals surface area contributed by atoms with Crippen molar-refractivity contribution < 1.29 is 76.3 Å². The van der Waals surface area contributed by atoms with Crippen molar-refractivity contribution >= 4 is 95.4 Å². The number of hydrogen-bond donors (Lipinski definition) is 0. The van der Waals surface area contributed by atoms with Crippen LogP contribution in [-0.2, 0) is 37.9 Å². The van der Waals surface area contributed by atoms with E-state index >= 15 is 0 Å². The van der Waals surface area contributed by atoms with Crippen molar-refractivity contribution in [2.45, 2.75) is 0 Å². The van der Waals surface area contributed by atoms with Crippen molar-refractivity contribution in [2.75, 3.05) is 56.9 Å². The number of benzene rings is 10. The third kappa shape index (κ3) is 15.1. The predicted molar refractivity (Wildman–Crippen MR) is 363 cm³/mol. The highest BCUT2D eigenvalue weighted by Crippen LogP contribution is 2.44. The highest BCUT2D eigenvalue weighted by Gasteiger charge is 2.30. The molecular formula is C76H62O16P2. The monoisotopic (exact) mass is 1290 g/mol. The molecule has 0 saturated carbocycles. The SMILES string of the molecule is COC(=O)c1cc(C(=O)OC)cc(-c2cccc(-c3cc(C(=O)OC)cc(C(=O)OC)c3)c2P(c2ccccc2)c2ccccc2)c1.COC(=O)c1cc(C(=O)OC)cc(-c2cccc(-c3cc(C(=O)OC)cc(C(=O)OC)c3)c2P(c2ccccc2)c2ccccc2)c1. The van der Waals surface area contributed by atoms with Crippen molar-refractivity contribution in [3.8, 4) is 44.5 Å². The molecule has 10 aromatic carbocycles. The average molecular weight is 1290 g/mol. The number of carbonyl (C=O) groups excluding carboxylic acids is 8. The summed E-state index contributed by atoms with van der Waals surface area (Å²) in [6, 6.07) is 70.5. The van der Waals surface area contributed by atoms with Gasteiger partial charge in [-0.3, -0.25) is 0 Å². The molecule has 0 aliphatic carbocycles. The van der Waals surface area contributed by atoms with Gasteiger partial charge >= 0.3 is 47.8 Å². The van der Waals surface area contributed by atoms with Gasteiger partial charge in [-0.05, 0) is 154 Å². The molecule has 94 heavy (non-hydrogen) atoms. The lowest BCUT2D eigenvalue weighted by Gasteiger charge is -2.26. The highest BCUT2D eigenvalue weighted by molar-refractivity contribution is 7.80. The van der Waals surface area contributed by atoms with Gasteiger partial charge in [0.05, 0.1) is 101 Å². The molecule has 0 saturated heterocycles. The molecule has 18 heteroatoms. The van der Waals surface area contributed by atoms with E-state index in [1.807, 2.05) is 109 Å². The van der Waals surface area contributed by atoms with Crippen LogP contribution in [-0.4, -0.2) is 105 Å². The first-order chi connectivity index (χ1) is 45.6. The van der Waals surface area contributed by atoms with Crippen molar-refractivity contribution in [1.29, 1.82) is 0 Å². The van der Waals surface area contributed by atoms with Crippen LogP contribution in [0.5, 0.6) is 0 Å². The zero-order chi connectivity index (χ0) is 67.0. The second-order valence-electron chi connectivity index (χ2n) is 20.5. The zero-order valence-electron chi connectivity index (χ0n) is 52.4. The molecule has 0 fully saturated rings. The number of methoxy groups -OCH3 is 8. The van der Waals surface area contributed by atoms with E-state index in [1.54, 1.807) is 48.5 Å². The van der Waals surface area contributed by atoms with Crippen molar-refractivity contribution in [3.63, 3.8) is 0 Å². The van der Waals surface area contributed by atoms with Gasteiger partial charge in [-0.1, -0.05) is 158 Å². The molecule has 0 bridgehead atoms. The molecule has 0 atom stereocenters. The Kier molecular flexibility index (Phi) is 22.3. The van der Waals surface area contributed by atoms with Crippen LogP contribution in [0.15, 0.2) is 231 Å². The fourth-order valence-electron chi connectivity index (χ4n) is 10.6. The molecule has 0 aliphatic rings. The Balaban J connectivity index is 0.000000221. The topological polar surface area (TPSA) is 210 Å². The summed E-state index contributed by atoms with van der Waals surface area (Å²) in [5, 5.41) is 5.81. The van der Waals surface area contributed by atoms with Gasteiger partial charge < -0.3 is 37.9 Å². The number of esters is 8. The van der Waals surface area contributed by atoms with Crippen molar-refractivity contribution in [2.24, 2.45) is 0 Å². The lowest BCUT2D eigenvalue weighted by molar-refractivity contribution is 0.0581. The van der Waals surface area contributed by atoms with E-state index in [4.69, 9.17) is 37.9 Å². The molecule has 472 valence electrons. The van der Waals surface area contributed by atoms with Crippen LogP contribution in [0.3, 0.4) is 0 Å². The van der Waals surface area contributed by atoms with Gasteiger partial charge in [0.15, 0.2) is 0 Å². The minimum Gasteiger partial charge on any atom is -0.465 e. The van der Waals surface area contributed by atoms with Gasteiger partial charge in [0.2, 0.25) is 0 Å². The van der Waals surface area contributed by atoms with E-state index in [2.05, 4.69) is 48.5 Å². The van der Waals surface area contributed by atoms with Gasteiger partial charge in [-0.25, -0.2) is 38.4 Å². The van der Waals surface area contributed by atoms with Gasteiger partial charge in [0, 0.05) is 10.6 Å². The summed E-state index contributed by atoms with van der Waals surface area (Å²) in [4.78, 5) is 102. The van der Waals surface area contributed by atoms with Crippen LogP contribution in [0.4, 0.5) is 0 Å². The molecule has 0 aromatic heterocycles. The van der Waals surface area contributed by atoms with Crippen LogP contribution < -0.4 is 31.8 Å². The van der Waals surface area contributed by atoms with Gasteiger partial charge in [0.1, 0.15) is 0 Å². The molecule has 0 N–H and O–H groups in total. The quantitative estimate of drug-likeness (QED) is 0.0444. The molecule has 0 aliphatic heterocycles. The van der Waals surface area contributed by atoms with E-state index in [9.17, 15) is 38.4 Å². The Morgan fingerprint density at radius 1 is 0.213 bits per heavy atom. The second-order valence-corrected chi connectivity index (χ2v) is 24.8. The first-order valence-electron chi connectivity index (χ1n) is 28.9. The Morgan fingerprint density at radius 2 is 0.372 bits per heavy atom. The molecule has 0 spiro atoms. The van der Waals surface area contributed by atoms with E-state index in [0.717, 1.165) is 54.1 Å². The van der Waals surface area contributed by atoms with E-state index in [1.165, 1.54) is 81.1 Å². The number of rotatable bonds is 18. The largest absolute Gasteiger partial charge is 0.465 e. The van der Waals surface area contributed by atoms with Crippen molar-refractivity contribution in [3.05, 3.63) is 275 Å². The normalized spacial score (nSPS) is 10.7. The number of carbonyl (C=O) groups is 8. The summed E-state index contributed by atoms with van der Waals surface area (Å²) in [5.74, 6) is -4.91. The van der Waals surface area contributed by atoms with Crippen LogP contribution in [0, 0.1) is 0 Å². The molecule has 0 amide bonds. The molecule has 0 unspecified atom stereocenters. The molecule has 16 nitrogen and oxygen atoms in total. The van der Waals surface area contributed by atoms with Crippen LogP contribution in [0.1, 0.15) is 82.9 Å². The summed E-state index contributed by atoms with van der Waals surface area (Å²) in [5.41, 5.74) is 6.55. The number of hydrogen-bond acceptors (Lipinski definition) is 16. The summed E-state index contributed by atoms with van der Waals surface area (Å²) >= 11 is 0. The Labute approximate surface area is 545 Å². The number of ether oxygens (including phenoxy) is 8. The van der Waals surface area contributed by atoms with Crippen LogP contribution >= 0.6 is 15.8 Å². The fourth-order valence-corrected chi connectivity index (χ4v) is 15.9. The second kappa shape index (κ2) is 31.2. The van der Waals surface area contributed by atoms with Gasteiger partial charge in [-0.2, -0.15) is 0 Å². The van der Waals surface area contributed by atoms with Crippen molar-refractivity contribution in [1.82, 2.24) is 0 Å². The standard InChI is InChI=1S/2C38H31O8P/c2*1-43-35(39)26-18-24(19-27(22-26)36(40)44-2)32-16-11-17-33(25-20-28(37(41)45-3)23-29(21-25)38(42)46-4)34(32)47(30-12-7-5-8-13-30)31-14-9-6-10-15-31/h2*5-23H,1-4H3. The third-order valence-electron chi connectivity index (χ3n) is 14.9. The Morgan fingerprint density at radius 3 is 0.521 bits per heavy atom. The minimum absolute atomic E-state index is 0.172. The lowest BCUT2D eigenvalue weighted by Crippen LogP contribution is -2.24. The maximum atomic E-state index is 12.8. The Bertz CT molecular complexity index is 3780. The lowest BCUT2D eigenvalue weighted by atomic mass is 9.94. The highest BCUT2D eigenvalue weighted by atomic mass is 31.1. The molecule has 0 heterocycles. The summed E-state index contributed by atoms with van der Waals surface area (Å²) < 4.78 is 40.2. The molecule has 10 rings (SSSR count). The van der Waals surface area contributed by atoms with Gasteiger partial charge in [-0.15, -0.1) is 0 Å². The minimum atomic E-state index is -1.31. The molecular weight excluding hydrogens is 1230 g/mol. The smallest absolute Gasteiger partial charge is 0.337 e. The first-order valence-corrected chi connectivity index (χ1v) is 31.6.